The van der Waals surface area contributed by atoms with Gasteiger partial charge >= 0.3 is 0 Å². The van der Waals surface area contributed by atoms with E-state index in [1.54, 1.807) is 44.6 Å². The van der Waals surface area contributed by atoms with Gasteiger partial charge in [-0.05, 0) is 61.0 Å². The van der Waals surface area contributed by atoms with Crippen LogP contribution >= 0.6 is 11.8 Å². The molecule has 6 heteroatoms. The first-order valence-corrected chi connectivity index (χ1v) is 8.84. The average Bonchev–Trinajstić information content (AvgIpc) is 2.91. The van der Waals surface area contributed by atoms with Crippen LogP contribution in [0.3, 0.4) is 0 Å². The van der Waals surface area contributed by atoms with Crippen molar-refractivity contribution in [3.63, 3.8) is 0 Å². The molecule has 5 nitrogen and oxygen atoms in total. The quantitative estimate of drug-likeness (QED) is 0.740. The second kappa shape index (κ2) is 7.25. The van der Waals surface area contributed by atoms with Gasteiger partial charge in [0.05, 0.1) is 24.8 Å². The minimum atomic E-state index is -0.327. The predicted molar refractivity (Wildman–Crippen MR) is 104 cm³/mol. The van der Waals surface area contributed by atoms with Crippen LogP contribution in [0.4, 0.5) is 10.5 Å². The number of carbonyl (C=O) groups excluding carboxylic acids is 2. The fourth-order valence-electron chi connectivity index (χ4n) is 2.73. The van der Waals surface area contributed by atoms with Crippen LogP contribution in [0.2, 0.25) is 0 Å². The van der Waals surface area contributed by atoms with E-state index in [-0.39, 0.29) is 11.1 Å². The number of thioether (sulfide) groups is 1. The molecule has 26 heavy (non-hydrogen) atoms. The Morgan fingerprint density at radius 2 is 1.81 bits per heavy atom. The highest BCUT2D eigenvalue weighted by atomic mass is 32.2. The number of methoxy groups -OCH3 is 2. The summed E-state index contributed by atoms with van der Waals surface area (Å²) in [7, 11) is 3.12. The van der Waals surface area contributed by atoms with Crippen molar-refractivity contribution < 1.29 is 19.1 Å². The Kier molecular flexibility index (Phi) is 5.04. The Morgan fingerprint density at radius 1 is 1.04 bits per heavy atom. The first-order chi connectivity index (χ1) is 12.5. The lowest BCUT2D eigenvalue weighted by atomic mass is 10.1. The van der Waals surface area contributed by atoms with Gasteiger partial charge in [0.25, 0.3) is 11.1 Å². The second-order valence-electron chi connectivity index (χ2n) is 5.84. The zero-order valence-electron chi connectivity index (χ0n) is 15.0. The van der Waals surface area contributed by atoms with E-state index < -0.39 is 0 Å². The van der Waals surface area contributed by atoms with Crippen LogP contribution in [0, 0.1) is 13.8 Å². The van der Waals surface area contributed by atoms with Crippen molar-refractivity contribution in [1.82, 2.24) is 0 Å². The average molecular weight is 369 g/mol. The van der Waals surface area contributed by atoms with Gasteiger partial charge in [0.2, 0.25) is 0 Å². The molecule has 0 aromatic heterocycles. The number of hydrogen-bond acceptors (Lipinski definition) is 5. The van der Waals surface area contributed by atoms with Crippen molar-refractivity contribution in [3.05, 3.63) is 58.0 Å². The van der Waals surface area contributed by atoms with Crippen LogP contribution in [0.25, 0.3) is 6.08 Å². The third-order valence-corrected chi connectivity index (χ3v) is 5.21. The van der Waals surface area contributed by atoms with E-state index in [1.165, 1.54) is 4.90 Å². The van der Waals surface area contributed by atoms with Crippen LogP contribution in [-0.4, -0.2) is 25.4 Å². The van der Waals surface area contributed by atoms with Gasteiger partial charge in [0.15, 0.2) is 0 Å². The van der Waals surface area contributed by atoms with Crippen molar-refractivity contribution in [2.24, 2.45) is 0 Å². The van der Waals surface area contributed by atoms with Crippen molar-refractivity contribution in [2.75, 3.05) is 19.1 Å². The Morgan fingerprint density at radius 3 is 2.50 bits per heavy atom. The summed E-state index contributed by atoms with van der Waals surface area (Å²) in [6, 6.07) is 10.9. The molecule has 0 bridgehead atoms. The molecule has 0 unspecified atom stereocenters. The largest absolute Gasteiger partial charge is 0.497 e. The molecule has 1 aliphatic heterocycles. The maximum Gasteiger partial charge on any atom is 0.298 e. The number of imide groups is 1. The highest BCUT2D eigenvalue weighted by molar-refractivity contribution is 8.19. The molecule has 1 aliphatic rings. The number of anilines is 1. The SMILES string of the molecule is COc1ccc(/C=C2\SC(=O)N(c3cccc(C)c3C)C2=O)c(OC)c1. The maximum absolute atomic E-state index is 12.9. The van der Waals surface area contributed by atoms with E-state index in [1.807, 2.05) is 26.0 Å². The smallest absolute Gasteiger partial charge is 0.298 e. The summed E-state index contributed by atoms with van der Waals surface area (Å²) >= 11 is 0.927. The molecule has 0 atom stereocenters. The summed E-state index contributed by atoms with van der Waals surface area (Å²) in [6.07, 6.45) is 1.67. The van der Waals surface area contributed by atoms with Crippen molar-refractivity contribution >= 4 is 34.7 Å². The summed E-state index contributed by atoms with van der Waals surface area (Å²) in [6.45, 7) is 3.86. The second-order valence-corrected chi connectivity index (χ2v) is 6.84. The van der Waals surface area contributed by atoms with Gasteiger partial charge in [-0.2, -0.15) is 0 Å². The third kappa shape index (κ3) is 3.20. The van der Waals surface area contributed by atoms with Crippen LogP contribution < -0.4 is 14.4 Å². The summed E-state index contributed by atoms with van der Waals surface area (Å²) in [5, 5.41) is -0.303. The predicted octanol–water partition coefficient (Wildman–Crippen LogP) is 4.56. The molecule has 3 rings (SSSR count). The first kappa shape index (κ1) is 18.1. The molecule has 2 amide bonds. The van der Waals surface area contributed by atoms with E-state index in [4.69, 9.17) is 9.47 Å². The van der Waals surface area contributed by atoms with Crippen LogP contribution in [0.1, 0.15) is 16.7 Å². The molecular formula is C20H19NO4S. The highest BCUT2D eigenvalue weighted by Gasteiger charge is 2.37. The van der Waals surface area contributed by atoms with E-state index in [0.717, 1.165) is 22.9 Å². The monoisotopic (exact) mass is 369 g/mol. The number of nitrogens with zero attached hydrogens (tertiary/aromatic N) is 1. The van der Waals surface area contributed by atoms with Crippen molar-refractivity contribution in [1.29, 1.82) is 0 Å². The number of rotatable bonds is 4. The fourth-order valence-corrected chi connectivity index (χ4v) is 3.56. The number of hydrogen-bond donors (Lipinski definition) is 0. The first-order valence-electron chi connectivity index (χ1n) is 8.02. The van der Waals surface area contributed by atoms with Crippen molar-refractivity contribution in [2.45, 2.75) is 13.8 Å². The van der Waals surface area contributed by atoms with Gasteiger partial charge in [-0.15, -0.1) is 0 Å². The van der Waals surface area contributed by atoms with E-state index in [9.17, 15) is 9.59 Å². The van der Waals surface area contributed by atoms with Crippen LogP contribution in [0.5, 0.6) is 11.5 Å². The zero-order chi connectivity index (χ0) is 18.8. The molecule has 0 radical (unpaired) electrons. The van der Waals surface area contributed by atoms with E-state index in [2.05, 4.69) is 0 Å². The van der Waals surface area contributed by atoms with Crippen LogP contribution in [-0.2, 0) is 4.79 Å². The molecule has 1 saturated heterocycles. The number of benzene rings is 2. The lowest BCUT2D eigenvalue weighted by molar-refractivity contribution is -0.113. The molecule has 0 aliphatic carbocycles. The summed E-state index contributed by atoms with van der Waals surface area (Å²) in [5.74, 6) is 0.900. The van der Waals surface area contributed by atoms with Gasteiger partial charge in [-0.3, -0.25) is 9.59 Å². The Balaban J connectivity index is 1.99. The highest BCUT2D eigenvalue weighted by Crippen LogP contribution is 2.38. The summed E-state index contributed by atoms with van der Waals surface area (Å²) in [4.78, 5) is 26.9. The Labute approximate surface area is 156 Å². The number of amides is 2. The lowest BCUT2D eigenvalue weighted by Gasteiger charge is -2.16. The van der Waals surface area contributed by atoms with Gasteiger partial charge in [0.1, 0.15) is 11.5 Å². The van der Waals surface area contributed by atoms with Gasteiger partial charge in [-0.1, -0.05) is 12.1 Å². The lowest BCUT2D eigenvalue weighted by Crippen LogP contribution is -2.28. The number of carbonyl (C=O) groups is 2. The molecule has 1 fully saturated rings. The van der Waals surface area contributed by atoms with Gasteiger partial charge in [0, 0.05) is 11.6 Å². The van der Waals surface area contributed by atoms with Gasteiger partial charge in [-0.25, -0.2) is 4.90 Å². The third-order valence-electron chi connectivity index (χ3n) is 4.34. The zero-order valence-corrected chi connectivity index (χ0v) is 15.8. The number of aryl methyl sites for hydroxylation is 1. The molecular weight excluding hydrogens is 350 g/mol. The molecule has 0 saturated carbocycles. The maximum atomic E-state index is 12.9. The molecule has 2 aromatic rings. The molecule has 0 N–H and O–H groups in total. The standard InChI is InChI=1S/C20H19NO4S/c1-12-6-5-7-16(13(12)2)21-19(22)18(26-20(21)23)10-14-8-9-15(24-3)11-17(14)25-4/h5-11H,1-4H3/b18-10-. The topological polar surface area (TPSA) is 55.8 Å². The molecule has 134 valence electrons. The normalized spacial score (nSPS) is 15.7. The molecule has 0 spiro atoms. The van der Waals surface area contributed by atoms with Gasteiger partial charge < -0.3 is 9.47 Å². The Bertz CT molecular complexity index is 920. The minimum absolute atomic E-state index is 0.303. The molecule has 2 aromatic carbocycles. The number of ether oxygens (including phenoxy) is 2. The summed E-state index contributed by atoms with van der Waals surface area (Å²) in [5.41, 5.74) is 3.28. The van der Waals surface area contributed by atoms with E-state index in [0.29, 0.717) is 27.7 Å². The fraction of sp³-hybridized carbons (Fsp3) is 0.200. The molecule has 1 heterocycles. The minimum Gasteiger partial charge on any atom is -0.497 e. The summed E-state index contributed by atoms with van der Waals surface area (Å²) < 4.78 is 10.5. The Hall–Kier alpha value is -2.73. The van der Waals surface area contributed by atoms with Crippen molar-refractivity contribution in [3.8, 4) is 11.5 Å². The van der Waals surface area contributed by atoms with E-state index >= 15 is 0 Å². The van der Waals surface area contributed by atoms with Crippen LogP contribution in [0.15, 0.2) is 41.3 Å².